The smallest absolute Gasteiger partial charge is 0.268 e. The molecule has 1 aromatic heterocycles. The van der Waals surface area contributed by atoms with Gasteiger partial charge in [0.2, 0.25) is 0 Å². The largest absolute Gasteiger partial charge is 0.379 e. The van der Waals surface area contributed by atoms with Crippen molar-refractivity contribution in [3.05, 3.63) is 54.6 Å². The molecule has 0 bridgehead atoms. The molecule has 0 aliphatic heterocycles. The first-order valence-electron chi connectivity index (χ1n) is 5.71. The third-order valence-corrected chi connectivity index (χ3v) is 3.50. The van der Waals surface area contributed by atoms with Crippen LogP contribution in [0, 0.1) is 0 Å². The number of hydrogen-bond acceptors (Lipinski definition) is 4. The highest BCUT2D eigenvalue weighted by molar-refractivity contribution is 7.87. The first-order chi connectivity index (χ1) is 9.57. The van der Waals surface area contributed by atoms with E-state index in [1.54, 1.807) is 54.6 Å². The Morgan fingerprint density at radius 3 is 2.35 bits per heavy atom. The molecule has 3 rings (SSSR count). The summed E-state index contributed by atoms with van der Waals surface area (Å²) in [7, 11) is -4.54. The van der Waals surface area contributed by atoms with Crippen LogP contribution < -0.4 is 4.41 Å². The van der Waals surface area contributed by atoms with Crippen LogP contribution in [0.5, 0.6) is 0 Å². The highest BCUT2D eigenvalue weighted by Gasteiger charge is 2.24. The maximum Gasteiger partial charge on any atom is 0.379 e. The van der Waals surface area contributed by atoms with Gasteiger partial charge in [0, 0.05) is 0 Å². The zero-order valence-electron chi connectivity index (χ0n) is 10.2. The van der Waals surface area contributed by atoms with Gasteiger partial charge in [-0.25, -0.2) is 0 Å². The number of para-hydroxylation sites is 2. The SMILES string of the molecule is O=S(=O)(O)N(c1ccccc1)n1nnc2ccccc21. The summed E-state index contributed by atoms with van der Waals surface area (Å²) in [6.45, 7) is 0. The van der Waals surface area contributed by atoms with Crippen molar-refractivity contribution in [1.29, 1.82) is 0 Å². The second-order valence-electron chi connectivity index (χ2n) is 4.02. The van der Waals surface area contributed by atoms with Crippen molar-refractivity contribution in [2.45, 2.75) is 0 Å². The first-order valence-corrected chi connectivity index (χ1v) is 7.10. The van der Waals surface area contributed by atoms with Crippen LogP contribution in [0.25, 0.3) is 11.0 Å². The molecule has 102 valence electrons. The third kappa shape index (κ3) is 2.10. The van der Waals surface area contributed by atoms with Gasteiger partial charge in [-0.2, -0.15) is 8.42 Å². The fourth-order valence-corrected chi connectivity index (χ4v) is 2.59. The molecule has 0 amide bonds. The molecule has 3 aromatic rings. The second kappa shape index (κ2) is 4.58. The fourth-order valence-electron chi connectivity index (χ4n) is 1.89. The van der Waals surface area contributed by atoms with Crippen LogP contribution in [0.3, 0.4) is 0 Å². The first kappa shape index (κ1) is 12.6. The monoisotopic (exact) mass is 290 g/mol. The molecule has 8 heteroatoms. The topological polar surface area (TPSA) is 88.3 Å². The molecule has 0 unspecified atom stereocenters. The van der Waals surface area contributed by atoms with Crippen LogP contribution in [0.15, 0.2) is 54.6 Å². The maximum atomic E-state index is 11.7. The van der Waals surface area contributed by atoms with E-state index in [4.69, 9.17) is 0 Å². The Balaban J connectivity index is 2.26. The van der Waals surface area contributed by atoms with Crippen LogP contribution in [-0.4, -0.2) is 28.1 Å². The summed E-state index contributed by atoms with van der Waals surface area (Å²) >= 11 is 0. The molecule has 1 N–H and O–H groups in total. The van der Waals surface area contributed by atoms with Crippen LogP contribution in [0.4, 0.5) is 5.69 Å². The van der Waals surface area contributed by atoms with Gasteiger partial charge in [0.1, 0.15) is 11.0 Å². The minimum atomic E-state index is -4.54. The van der Waals surface area contributed by atoms with Crippen molar-refractivity contribution in [2.75, 3.05) is 4.41 Å². The highest BCUT2D eigenvalue weighted by atomic mass is 32.2. The normalized spacial score (nSPS) is 11.7. The summed E-state index contributed by atoms with van der Waals surface area (Å²) in [6.07, 6.45) is 0. The van der Waals surface area contributed by atoms with E-state index < -0.39 is 10.3 Å². The van der Waals surface area contributed by atoms with Crippen molar-refractivity contribution >= 4 is 27.0 Å². The quantitative estimate of drug-likeness (QED) is 0.738. The van der Waals surface area contributed by atoms with E-state index in [0.29, 0.717) is 15.4 Å². The summed E-state index contributed by atoms with van der Waals surface area (Å²) in [4.78, 5) is 1.04. The Hall–Kier alpha value is -2.45. The summed E-state index contributed by atoms with van der Waals surface area (Å²) < 4.78 is 33.5. The molecule has 7 nitrogen and oxygen atoms in total. The average Bonchev–Trinajstić information content (AvgIpc) is 2.83. The summed E-state index contributed by atoms with van der Waals surface area (Å²) in [6, 6.07) is 15.0. The van der Waals surface area contributed by atoms with E-state index in [1.165, 1.54) is 0 Å². The van der Waals surface area contributed by atoms with Gasteiger partial charge < -0.3 is 0 Å². The predicted octanol–water partition coefficient (Wildman–Crippen LogP) is 1.50. The Morgan fingerprint density at radius 1 is 1.00 bits per heavy atom. The van der Waals surface area contributed by atoms with Gasteiger partial charge >= 0.3 is 10.3 Å². The minimum Gasteiger partial charge on any atom is -0.268 e. The molecule has 0 radical (unpaired) electrons. The van der Waals surface area contributed by atoms with Gasteiger partial charge in [-0.3, -0.25) is 4.55 Å². The molecule has 0 saturated carbocycles. The van der Waals surface area contributed by atoms with Crippen LogP contribution in [0.2, 0.25) is 0 Å². The lowest BCUT2D eigenvalue weighted by Gasteiger charge is -2.20. The zero-order valence-corrected chi connectivity index (χ0v) is 11.0. The van der Waals surface area contributed by atoms with Gasteiger partial charge in [-0.05, 0) is 29.5 Å². The molecule has 20 heavy (non-hydrogen) atoms. The van der Waals surface area contributed by atoms with Gasteiger partial charge in [0.05, 0.1) is 5.69 Å². The maximum absolute atomic E-state index is 11.7. The van der Waals surface area contributed by atoms with E-state index in [0.717, 1.165) is 4.79 Å². The van der Waals surface area contributed by atoms with E-state index in [-0.39, 0.29) is 5.69 Å². The molecule has 0 fully saturated rings. The van der Waals surface area contributed by atoms with E-state index in [9.17, 15) is 13.0 Å². The number of rotatable bonds is 3. The van der Waals surface area contributed by atoms with Crippen molar-refractivity contribution in [2.24, 2.45) is 0 Å². The van der Waals surface area contributed by atoms with Crippen molar-refractivity contribution in [1.82, 2.24) is 15.1 Å². The Labute approximate surface area is 114 Å². The molecule has 0 spiro atoms. The lowest BCUT2D eigenvalue weighted by molar-refractivity contribution is 0.467. The van der Waals surface area contributed by atoms with Crippen LogP contribution in [0.1, 0.15) is 0 Å². The lowest BCUT2D eigenvalue weighted by atomic mass is 10.3. The number of aromatic nitrogens is 3. The number of fused-ring (bicyclic) bond motifs is 1. The van der Waals surface area contributed by atoms with Crippen LogP contribution in [-0.2, 0) is 10.3 Å². The minimum absolute atomic E-state index is 0.255. The third-order valence-electron chi connectivity index (χ3n) is 2.70. The Bertz CT molecular complexity index is 845. The van der Waals surface area contributed by atoms with Gasteiger partial charge in [-0.1, -0.05) is 30.3 Å². The summed E-state index contributed by atoms with van der Waals surface area (Å²) in [5.74, 6) is 0. The highest BCUT2D eigenvalue weighted by Crippen LogP contribution is 2.20. The number of nitrogens with zero attached hydrogens (tertiary/aromatic N) is 4. The van der Waals surface area contributed by atoms with Gasteiger partial charge in [0.25, 0.3) is 0 Å². The molecule has 0 saturated heterocycles. The molecular formula is C12H10N4O3S. The molecule has 1 heterocycles. The lowest BCUT2D eigenvalue weighted by Crippen LogP contribution is -2.36. The van der Waals surface area contributed by atoms with E-state index in [2.05, 4.69) is 10.3 Å². The van der Waals surface area contributed by atoms with Crippen LogP contribution >= 0.6 is 0 Å². The van der Waals surface area contributed by atoms with Gasteiger partial charge in [0.15, 0.2) is 0 Å². The Morgan fingerprint density at radius 2 is 1.65 bits per heavy atom. The average molecular weight is 290 g/mol. The molecule has 0 aliphatic carbocycles. The number of anilines is 1. The van der Waals surface area contributed by atoms with Crippen molar-refractivity contribution in [3.8, 4) is 0 Å². The predicted molar refractivity (Wildman–Crippen MR) is 73.4 cm³/mol. The molecule has 2 aromatic carbocycles. The van der Waals surface area contributed by atoms with Gasteiger partial charge in [-0.15, -0.1) is 14.3 Å². The standard InChI is InChI=1S/C12H10N4O3S/c17-20(18,19)16(10-6-2-1-3-7-10)15-12-9-5-4-8-11(12)13-14-15/h1-9H,(H,17,18,19). The fraction of sp³-hybridized carbons (Fsp3) is 0. The molecule has 0 atom stereocenters. The Kier molecular flexibility index (Phi) is 2.88. The second-order valence-corrected chi connectivity index (χ2v) is 5.27. The number of benzene rings is 2. The molecule has 0 aliphatic rings. The summed E-state index contributed by atoms with van der Waals surface area (Å²) in [5.41, 5.74) is 1.25. The van der Waals surface area contributed by atoms with Crippen molar-refractivity contribution in [3.63, 3.8) is 0 Å². The number of hydrogen-bond donors (Lipinski definition) is 1. The van der Waals surface area contributed by atoms with Crippen molar-refractivity contribution < 1.29 is 13.0 Å². The molecular weight excluding hydrogens is 280 g/mol. The summed E-state index contributed by atoms with van der Waals surface area (Å²) in [5, 5.41) is 7.67. The zero-order chi connectivity index (χ0) is 14.2. The van der Waals surface area contributed by atoms with E-state index >= 15 is 0 Å². The van der Waals surface area contributed by atoms with E-state index in [1.807, 2.05) is 0 Å².